The van der Waals surface area contributed by atoms with Gasteiger partial charge in [-0.3, -0.25) is 4.79 Å². The van der Waals surface area contributed by atoms with E-state index in [0.29, 0.717) is 30.4 Å². The summed E-state index contributed by atoms with van der Waals surface area (Å²) < 4.78 is 5.13. The van der Waals surface area contributed by atoms with E-state index in [4.69, 9.17) is 10.5 Å². The van der Waals surface area contributed by atoms with E-state index in [2.05, 4.69) is 0 Å². The summed E-state index contributed by atoms with van der Waals surface area (Å²) in [4.78, 5) is 14.2. The molecule has 17 heavy (non-hydrogen) atoms. The van der Waals surface area contributed by atoms with Gasteiger partial charge in [0.15, 0.2) is 0 Å². The number of hydrogen-bond acceptors (Lipinski definition) is 3. The third kappa shape index (κ3) is 2.77. The Balaban J connectivity index is 2.15. The van der Waals surface area contributed by atoms with Crippen LogP contribution in [-0.4, -0.2) is 37.0 Å². The Bertz CT molecular complexity index is 402. The van der Waals surface area contributed by atoms with E-state index < -0.39 is 0 Å². The summed E-state index contributed by atoms with van der Waals surface area (Å²) in [5.41, 5.74) is 6.22. The van der Waals surface area contributed by atoms with Gasteiger partial charge in [0, 0.05) is 24.7 Å². The molecule has 0 aromatic heterocycles. The maximum atomic E-state index is 12.3. The lowest BCUT2D eigenvalue weighted by Gasteiger charge is -2.21. The molecule has 1 aliphatic rings. The zero-order chi connectivity index (χ0) is 12.3. The van der Waals surface area contributed by atoms with Crippen molar-refractivity contribution < 1.29 is 9.53 Å². The first kappa shape index (κ1) is 11.9. The molecule has 1 fully saturated rings. The molecule has 2 N–H and O–H groups in total. The molecule has 0 bridgehead atoms. The molecule has 0 unspecified atom stereocenters. The first-order valence-corrected chi connectivity index (χ1v) is 5.91. The van der Waals surface area contributed by atoms with Crippen LogP contribution in [0.25, 0.3) is 0 Å². The number of nitrogens with two attached hydrogens (primary N) is 1. The van der Waals surface area contributed by atoms with E-state index in [9.17, 15) is 4.79 Å². The Kier molecular flexibility index (Phi) is 3.64. The fourth-order valence-corrected chi connectivity index (χ4v) is 1.90. The fraction of sp³-hybridized carbons (Fsp3) is 0.462. The SMILES string of the molecule is COc1cccc(C(=O)N(CCN)C2CC2)c1. The number of methoxy groups -OCH3 is 1. The summed E-state index contributed by atoms with van der Waals surface area (Å²) in [5, 5.41) is 0. The lowest BCUT2D eigenvalue weighted by Crippen LogP contribution is -2.37. The fourth-order valence-electron chi connectivity index (χ4n) is 1.90. The molecule has 4 heteroatoms. The smallest absolute Gasteiger partial charge is 0.254 e. The van der Waals surface area contributed by atoms with E-state index in [1.165, 1.54) is 0 Å². The van der Waals surface area contributed by atoms with Gasteiger partial charge in [-0.2, -0.15) is 0 Å². The standard InChI is InChI=1S/C13H18N2O2/c1-17-12-4-2-3-10(9-12)13(16)15(8-7-14)11-5-6-11/h2-4,9,11H,5-8,14H2,1H3. The van der Waals surface area contributed by atoms with Crippen LogP contribution in [0.5, 0.6) is 5.75 Å². The van der Waals surface area contributed by atoms with E-state index >= 15 is 0 Å². The average Bonchev–Trinajstić information content (AvgIpc) is 3.19. The van der Waals surface area contributed by atoms with Crippen LogP contribution in [0.2, 0.25) is 0 Å². The molecule has 0 saturated heterocycles. The molecule has 2 rings (SSSR count). The van der Waals surface area contributed by atoms with Crippen LogP contribution in [0, 0.1) is 0 Å². The Morgan fingerprint density at radius 2 is 2.29 bits per heavy atom. The van der Waals surface area contributed by atoms with E-state index in [-0.39, 0.29) is 5.91 Å². The van der Waals surface area contributed by atoms with Crippen LogP contribution in [-0.2, 0) is 0 Å². The van der Waals surface area contributed by atoms with Crippen molar-refractivity contribution in [2.24, 2.45) is 5.73 Å². The number of hydrogen-bond donors (Lipinski definition) is 1. The first-order valence-electron chi connectivity index (χ1n) is 5.91. The van der Waals surface area contributed by atoms with Crippen LogP contribution in [0.4, 0.5) is 0 Å². The van der Waals surface area contributed by atoms with Crippen molar-refractivity contribution in [3.8, 4) is 5.75 Å². The predicted octanol–water partition coefficient (Wildman–Crippen LogP) is 1.26. The Morgan fingerprint density at radius 3 is 2.88 bits per heavy atom. The minimum atomic E-state index is 0.0526. The van der Waals surface area contributed by atoms with Crippen molar-refractivity contribution in [2.75, 3.05) is 20.2 Å². The molecule has 0 heterocycles. The summed E-state index contributed by atoms with van der Waals surface area (Å²) >= 11 is 0. The van der Waals surface area contributed by atoms with Gasteiger partial charge in [0.1, 0.15) is 5.75 Å². The van der Waals surface area contributed by atoms with Gasteiger partial charge in [0.05, 0.1) is 7.11 Å². The summed E-state index contributed by atoms with van der Waals surface area (Å²) in [5.74, 6) is 0.760. The minimum Gasteiger partial charge on any atom is -0.497 e. The second-order valence-corrected chi connectivity index (χ2v) is 4.25. The second kappa shape index (κ2) is 5.19. The van der Waals surface area contributed by atoms with Crippen molar-refractivity contribution in [1.29, 1.82) is 0 Å². The van der Waals surface area contributed by atoms with Crippen molar-refractivity contribution in [3.05, 3.63) is 29.8 Å². The number of carbonyl (C=O) groups excluding carboxylic acids is 1. The van der Waals surface area contributed by atoms with E-state index in [1.54, 1.807) is 13.2 Å². The Labute approximate surface area is 101 Å². The normalized spacial score (nSPS) is 14.5. The molecular formula is C13H18N2O2. The highest BCUT2D eigenvalue weighted by Crippen LogP contribution is 2.28. The summed E-state index contributed by atoms with van der Waals surface area (Å²) in [6.07, 6.45) is 2.19. The van der Waals surface area contributed by atoms with Crippen LogP contribution >= 0.6 is 0 Å². The van der Waals surface area contributed by atoms with Crippen molar-refractivity contribution in [2.45, 2.75) is 18.9 Å². The molecule has 92 valence electrons. The number of rotatable bonds is 5. The highest BCUT2D eigenvalue weighted by atomic mass is 16.5. The number of amides is 1. The molecule has 1 saturated carbocycles. The van der Waals surface area contributed by atoms with Crippen molar-refractivity contribution in [3.63, 3.8) is 0 Å². The number of carbonyl (C=O) groups is 1. The van der Waals surface area contributed by atoms with Crippen LogP contribution in [0.1, 0.15) is 23.2 Å². The highest BCUT2D eigenvalue weighted by Gasteiger charge is 2.32. The highest BCUT2D eigenvalue weighted by molar-refractivity contribution is 5.95. The maximum absolute atomic E-state index is 12.3. The molecule has 1 amide bonds. The van der Waals surface area contributed by atoms with Gasteiger partial charge >= 0.3 is 0 Å². The molecule has 1 aromatic rings. The number of benzene rings is 1. The molecule has 0 spiro atoms. The lowest BCUT2D eigenvalue weighted by molar-refractivity contribution is 0.0748. The topological polar surface area (TPSA) is 55.6 Å². The van der Waals surface area contributed by atoms with Crippen molar-refractivity contribution >= 4 is 5.91 Å². The van der Waals surface area contributed by atoms with Gasteiger partial charge in [-0.25, -0.2) is 0 Å². The van der Waals surface area contributed by atoms with E-state index in [1.807, 2.05) is 23.1 Å². The number of nitrogens with zero attached hydrogens (tertiary/aromatic N) is 1. The van der Waals surface area contributed by atoms with Gasteiger partial charge in [0.25, 0.3) is 5.91 Å². The third-order valence-electron chi connectivity index (χ3n) is 2.94. The van der Waals surface area contributed by atoms with Crippen LogP contribution in [0.15, 0.2) is 24.3 Å². The monoisotopic (exact) mass is 234 g/mol. The van der Waals surface area contributed by atoms with Crippen LogP contribution in [0.3, 0.4) is 0 Å². The van der Waals surface area contributed by atoms with Gasteiger partial charge in [-0.1, -0.05) is 6.07 Å². The molecular weight excluding hydrogens is 216 g/mol. The molecule has 0 aliphatic heterocycles. The molecule has 1 aliphatic carbocycles. The second-order valence-electron chi connectivity index (χ2n) is 4.25. The molecule has 0 radical (unpaired) electrons. The van der Waals surface area contributed by atoms with Gasteiger partial charge in [0.2, 0.25) is 0 Å². The van der Waals surface area contributed by atoms with Gasteiger partial charge in [-0.05, 0) is 31.0 Å². The summed E-state index contributed by atoms with van der Waals surface area (Å²) in [6.45, 7) is 1.13. The lowest BCUT2D eigenvalue weighted by atomic mass is 10.2. The van der Waals surface area contributed by atoms with Gasteiger partial charge in [-0.15, -0.1) is 0 Å². The molecule has 1 aromatic carbocycles. The van der Waals surface area contributed by atoms with Crippen LogP contribution < -0.4 is 10.5 Å². The number of ether oxygens (including phenoxy) is 1. The largest absolute Gasteiger partial charge is 0.497 e. The predicted molar refractivity (Wildman–Crippen MR) is 66.1 cm³/mol. The zero-order valence-electron chi connectivity index (χ0n) is 10.1. The Morgan fingerprint density at radius 1 is 1.53 bits per heavy atom. The third-order valence-corrected chi connectivity index (χ3v) is 2.94. The van der Waals surface area contributed by atoms with Gasteiger partial charge < -0.3 is 15.4 Å². The quantitative estimate of drug-likeness (QED) is 0.834. The average molecular weight is 234 g/mol. The van der Waals surface area contributed by atoms with E-state index in [0.717, 1.165) is 12.8 Å². The molecule has 0 atom stereocenters. The molecule has 4 nitrogen and oxygen atoms in total. The summed E-state index contributed by atoms with van der Waals surface area (Å²) in [6, 6.07) is 7.64. The minimum absolute atomic E-state index is 0.0526. The van der Waals surface area contributed by atoms with Crippen molar-refractivity contribution in [1.82, 2.24) is 4.90 Å². The maximum Gasteiger partial charge on any atom is 0.254 e. The first-order chi connectivity index (χ1) is 8.26. The Hall–Kier alpha value is -1.55. The zero-order valence-corrected chi connectivity index (χ0v) is 10.1. The summed E-state index contributed by atoms with van der Waals surface area (Å²) in [7, 11) is 1.60.